The molecule has 0 radical (unpaired) electrons. The minimum absolute atomic E-state index is 0.00398. The SMILES string of the molecule is C#CCON=CC12OCC(CCC)(CO1)CO2. The summed E-state index contributed by atoms with van der Waals surface area (Å²) in [6.07, 6.45) is 8.52. The first-order valence-electron chi connectivity index (χ1n) is 5.76. The fourth-order valence-corrected chi connectivity index (χ4v) is 2.05. The predicted octanol–water partition coefficient (Wildman–Crippen LogP) is 1.14. The zero-order chi connectivity index (χ0) is 12.2. The fourth-order valence-electron chi connectivity index (χ4n) is 2.05. The van der Waals surface area contributed by atoms with E-state index >= 15 is 0 Å². The van der Waals surface area contributed by atoms with E-state index in [1.165, 1.54) is 6.21 Å². The van der Waals surface area contributed by atoms with Gasteiger partial charge < -0.3 is 19.0 Å². The van der Waals surface area contributed by atoms with Crippen LogP contribution in [0, 0.1) is 17.8 Å². The minimum Gasteiger partial charge on any atom is -0.383 e. The Morgan fingerprint density at radius 3 is 2.53 bits per heavy atom. The molecular weight excluding hydrogens is 222 g/mol. The number of fused-ring (bicyclic) bond motifs is 3. The number of rotatable bonds is 5. The van der Waals surface area contributed by atoms with Gasteiger partial charge in [-0.3, -0.25) is 0 Å². The maximum atomic E-state index is 5.58. The van der Waals surface area contributed by atoms with E-state index in [2.05, 4.69) is 18.0 Å². The van der Waals surface area contributed by atoms with E-state index in [-0.39, 0.29) is 12.0 Å². The zero-order valence-corrected chi connectivity index (χ0v) is 9.98. The van der Waals surface area contributed by atoms with Crippen LogP contribution in [0.1, 0.15) is 19.8 Å². The van der Waals surface area contributed by atoms with Crippen molar-refractivity contribution in [1.29, 1.82) is 0 Å². The van der Waals surface area contributed by atoms with Crippen molar-refractivity contribution in [3.63, 3.8) is 0 Å². The van der Waals surface area contributed by atoms with Gasteiger partial charge in [0.1, 0.15) is 6.21 Å². The Bertz CT molecular complexity index is 309. The summed E-state index contributed by atoms with van der Waals surface area (Å²) in [4.78, 5) is 4.80. The normalized spacial score (nSPS) is 36.0. The minimum atomic E-state index is -1.18. The Morgan fingerprint density at radius 1 is 1.35 bits per heavy atom. The van der Waals surface area contributed by atoms with E-state index in [0.717, 1.165) is 12.8 Å². The molecule has 0 unspecified atom stereocenters. The van der Waals surface area contributed by atoms with E-state index < -0.39 is 5.97 Å². The second kappa shape index (κ2) is 5.05. The summed E-state index contributed by atoms with van der Waals surface area (Å²) in [7, 11) is 0. The van der Waals surface area contributed by atoms with Gasteiger partial charge in [0.15, 0.2) is 6.61 Å². The van der Waals surface area contributed by atoms with Crippen molar-refractivity contribution in [2.24, 2.45) is 10.6 Å². The van der Waals surface area contributed by atoms with Gasteiger partial charge in [-0.1, -0.05) is 24.4 Å². The molecule has 5 heteroatoms. The van der Waals surface area contributed by atoms with Crippen LogP contribution in [-0.2, 0) is 19.0 Å². The Labute approximate surface area is 101 Å². The van der Waals surface area contributed by atoms with Gasteiger partial charge in [0.2, 0.25) is 0 Å². The highest BCUT2D eigenvalue weighted by molar-refractivity contribution is 5.64. The van der Waals surface area contributed by atoms with Gasteiger partial charge >= 0.3 is 5.97 Å². The molecule has 2 bridgehead atoms. The number of hydrogen-bond donors (Lipinski definition) is 0. The van der Waals surface area contributed by atoms with Crippen molar-refractivity contribution in [3.8, 4) is 12.3 Å². The number of oxime groups is 1. The summed E-state index contributed by atoms with van der Waals surface area (Å²) in [6.45, 7) is 4.14. The van der Waals surface area contributed by atoms with Crippen molar-refractivity contribution >= 4 is 6.21 Å². The van der Waals surface area contributed by atoms with Gasteiger partial charge in [0, 0.05) is 5.41 Å². The van der Waals surface area contributed by atoms with Crippen LogP contribution in [0.5, 0.6) is 0 Å². The summed E-state index contributed by atoms with van der Waals surface area (Å²) in [5.41, 5.74) is 0.00398. The molecule has 0 aromatic heterocycles. The van der Waals surface area contributed by atoms with Crippen molar-refractivity contribution < 1.29 is 19.0 Å². The summed E-state index contributed by atoms with van der Waals surface area (Å²) >= 11 is 0. The van der Waals surface area contributed by atoms with Crippen LogP contribution in [0.3, 0.4) is 0 Å². The molecule has 5 nitrogen and oxygen atoms in total. The van der Waals surface area contributed by atoms with Crippen molar-refractivity contribution in [2.45, 2.75) is 25.7 Å². The smallest absolute Gasteiger partial charge is 0.326 e. The topological polar surface area (TPSA) is 49.3 Å². The molecular formula is C12H17NO4. The molecule has 0 aromatic rings. The standard InChI is InChI=1S/C12H17NO4/c1-3-5-11-8-14-12(15-9-11,16-10-11)7-13-17-6-4-2/h2,7H,3,5-6,8-10H2,1H3. The average molecular weight is 239 g/mol. The lowest BCUT2D eigenvalue weighted by atomic mass is 9.84. The Kier molecular flexibility index (Phi) is 3.67. The zero-order valence-electron chi connectivity index (χ0n) is 9.98. The predicted molar refractivity (Wildman–Crippen MR) is 61.2 cm³/mol. The monoisotopic (exact) mass is 239 g/mol. The molecule has 0 N–H and O–H groups in total. The van der Waals surface area contributed by atoms with Crippen LogP contribution < -0.4 is 0 Å². The molecule has 0 aromatic carbocycles. The van der Waals surface area contributed by atoms with Crippen LogP contribution in [0.15, 0.2) is 5.16 Å². The van der Waals surface area contributed by atoms with Crippen LogP contribution in [0.2, 0.25) is 0 Å². The molecule has 3 fully saturated rings. The van der Waals surface area contributed by atoms with Gasteiger partial charge in [0.05, 0.1) is 19.8 Å². The van der Waals surface area contributed by atoms with Crippen LogP contribution in [0.4, 0.5) is 0 Å². The molecule has 0 amide bonds. The van der Waals surface area contributed by atoms with Gasteiger partial charge in [0.25, 0.3) is 0 Å². The quantitative estimate of drug-likeness (QED) is 0.312. The van der Waals surface area contributed by atoms with Crippen molar-refractivity contribution in [3.05, 3.63) is 0 Å². The highest BCUT2D eigenvalue weighted by atomic mass is 16.9. The van der Waals surface area contributed by atoms with Crippen LogP contribution in [-0.4, -0.2) is 38.6 Å². The van der Waals surface area contributed by atoms with Gasteiger partial charge in [-0.05, 0) is 6.42 Å². The molecule has 0 saturated carbocycles. The second-order valence-electron chi connectivity index (χ2n) is 4.43. The first-order chi connectivity index (χ1) is 8.24. The van der Waals surface area contributed by atoms with Crippen LogP contribution in [0.25, 0.3) is 0 Å². The highest BCUT2D eigenvalue weighted by Gasteiger charge is 2.51. The summed E-state index contributed by atoms with van der Waals surface area (Å²) in [5.74, 6) is 1.13. The summed E-state index contributed by atoms with van der Waals surface area (Å²) < 4.78 is 16.7. The van der Waals surface area contributed by atoms with E-state index in [1.54, 1.807) is 0 Å². The van der Waals surface area contributed by atoms with Crippen molar-refractivity contribution in [1.82, 2.24) is 0 Å². The average Bonchev–Trinajstić information content (AvgIpc) is 2.38. The molecule has 0 aliphatic carbocycles. The summed E-state index contributed by atoms with van der Waals surface area (Å²) in [5, 5.41) is 3.68. The molecule has 3 heterocycles. The molecule has 3 aliphatic heterocycles. The molecule has 17 heavy (non-hydrogen) atoms. The van der Waals surface area contributed by atoms with Gasteiger partial charge in [-0.2, -0.15) is 0 Å². The van der Waals surface area contributed by atoms with Crippen molar-refractivity contribution in [2.75, 3.05) is 26.4 Å². The first kappa shape index (κ1) is 12.4. The largest absolute Gasteiger partial charge is 0.383 e. The lowest BCUT2D eigenvalue weighted by Crippen LogP contribution is -2.60. The molecule has 3 aliphatic rings. The van der Waals surface area contributed by atoms with E-state index in [9.17, 15) is 0 Å². The maximum Gasteiger partial charge on any atom is 0.326 e. The Balaban J connectivity index is 1.90. The Morgan fingerprint density at radius 2 is 2.00 bits per heavy atom. The lowest BCUT2D eigenvalue weighted by molar-refractivity contribution is -0.431. The third-order valence-corrected chi connectivity index (χ3v) is 2.95. The maximum absolute atomic E-state index is 5.58. The number of ether oxygens (including phenoxy) is 3. The number of hydrogen-bond acceptors (Lipinski definition) is 5. The van der Waals surface area contributed by atoms with E-state index in [0.29, 0.717) is 19.8 Å². The number of nitrogens with zero attached hydrogens (tertiary/aromatic N) is 1. The number of terminal acetylenes is 1. The molecule has 0 spiro atoms. The van der Waals surface area contributed by atoms with Crippen LogP contribution >= 0.6 is 0 Å². The third kappa shape index (κ3) is 2.60. The molecule has 3 rings (SSSR count). The van der Waals surface area contributed by atoms with Gasteiger partial charge in [-0.15, -0.1) is 6.42 Å². The molecule has 0 atom stereocenters. The van der Waals surface area contributed by atoms with Gasteiger partial charge in [-0.25, -0.2) is 0 Å². The first-order valence-corrected chi connectivity index (χ1v) is 5.76. The van der Waals surface area contributed by atoms with E-state index in [4.69, 9.17) is 25.5 Å². The lowest BCUT2D eigenvalue weighted by Gasteiger charge is -2.50. The Hall–Kier alpha value is -1.09. The fraction of sp³-hybridized carbons (Fsp3) is 0.750. The molecule has 3 saturated heterocycles. The van der Waals surface area contributed by atoms with E-state index in [1.807, 2.05) is 0 Å². The summed E-state index contributed by atoms with van der Waals surface area (Å²) in [6, 6.07) is 0. The molecule has 94 valence electrons. The highest BCUT2D eigenvalue weighted by Crippen LogP contribution is 2.40. The third-order valence-electron chi connectivity index (χ3n) is 2.95. The second-order valence-corrected chi connectivity index (χ2v) is 4.43.